The minimum absolute atomic E-state index is 0.0871. The molecule has 2 rings (SSSR count). The number of nitrogens with one attached hydrogen (secondary N) is 1. The van der Waals surface area contributed by atoms with Gasteiger partial charge in [0.1, 0.15) is 0 Å². The van der Waals surface area contributed by atoms with Crippen LogP contribution >= 0.6 is 23.2 Å². The number of carbonyl (C=O) groups is 1. The number of amides is 1. The molecule has 20 heavy (non-hydrogen) atoms. The van der Waals surface area contributed by atoms with Crippen molar-refractivity contribution in [1.29, 1.82) is 0 Å². The Morgan fingerprint density at radius 2 is 2.00 bits per heavy atom. The number of benzene rings is 1. The fraction of sp³-hybridized carbons (Fsp3) is 0.286. The maximum Gasteiger partial charge on any atom is 0.226 e. The first kappa shape index (κ1) is 14.9. The zero-order valence-corrected chi connectivity index (χ0v) is 12.8. The number of hydrogen-bond donors (Lipinski definition) is 1. The summed E-state index contributed by atoms with van der Waals surface area (Å²) in [6.45, 7) is 4.45. The summed E-state index contributed by atoms with van der Waals surface area (Å²) in [4.78, 5) is 11.9. The first-order valence-electron chi connectivity index (χ1n) is 6.21. The summed E-state index contributed by atoms with van der Waals surface area (Å²) in [5.74, 6) is -0.0871. The highest BCUT2D eigenvalue weighted by molar-refractivity contribution is 6.42. The predicted octanol–water partition coefficient (Wildman–Crippen LogP) is 3.84. The van der Waals surface area contributed by atoms with Crippen LogP contribution in [0.25, 0.3) is 0 Å². The van der Waals surface area contributed by atoms with Crippen molar-refractivity contribution in [2.75, 3.05) is 5.32 Å². The highest BCUT2D eigenvalue weighted by Crippen LogP contribution is 2.25. The molecular formula is C14H15Cl2N3O. The van der Waals surface area contributed by atoms with Crippen molar-refractivity contribution in [2.45, 2.75) is 26.8 Å². The molecule has 0 radical (unpaired) electrons. The van der Waals surface area contributed by atoms with Crippen LogP contribution in [0, 0.1) is 13.8 Å². The first-order chi connectivity index (χ1) is 9.45. The fourth-order valence-corrected chi connectivity index (χ4v) is 2.20. The van der Waals surface area contributed by atoms with Crippen molar-refractivity contribution < 1.29 is 4.79 Å². The molecule has 1 amide bonds. The van der Waals surface area contributed by atoms with Gasteiger partial charge in [-0.05, 0) is 38.1 Å². The van der Waals surface area contributed by atoms with Crippen LogP contribution in [0.4, 0.5) is 5.69 Å². The minimum atomic E-state index is -0.0871. The Morgan fingerprint density at radius 1 is 1.25 bits per heavy atom. The molecular weight excluding hydrogens is 297 g/mol. The Hall–Kier alpha value is -1.52. The largest absolute Gasteiger partial charge is 0.326 e. The topological polar surface area (TPSA) is 46.9 Å². The molecule has 1 aromatic heterocycles. The van der Waals surface area contributed by atoms with Gasteiger partial charge in [-0.2, -0.15) is 5.10 Å². The molecule has 0 aliphatic rings. The van der Waals surface area contributed by atoms with E-state index in [1.165, 1.54) is 0 Å². The van der Waals surface area contributed by atoms with E-state index in [0.29, 0.717) is 28.7 Å². The Morgan fingerprint density at radius 3 is 2.60 bits per heavy atom. The Kier molecular flexibility index (Phi) is 4.68. The van der Waals surface area contributed by atoms with Gasteiger partial charge in [0, 0.05) is 24.3 Å². The smallest absolute Gasteiger partial charge is 0.226 e. The number of rotatable bonds is 4. The van der Waals surface area contributed by atoms with Crippen molar-refractivity contribution in [1.82, 2.24) is 9.78 Å². The lowest BCUT2D eigenvalue weighted by molar-refractivity contribution is -0.116. The summed E-state index contributed by atoms with van der Waals surface area (Å²) in [6, 6.07) is 6.98. The van der Waals surface area contributed by atoms with E-state index in [0.717, 1.165) is 11.4 Å². The molecule has 0 spiro atoms. The highest BCUT2D eigenvalue weighted by atomic mass is 35.5. The second kappa shape index (κ2) is 6.29. The number of carbonyl (C=O) groups excluding carboxylic acids is 1. The Labute approximate surface area is 127 Å². The molecule has 6 heteroatoms. The molecule has 1 N–H and O–H groups in total. The summed E-state index contributed by atoms with van der Waals surface area (Å²) in [5, 5.41) is 7.98. The number of hydrogen-bond acceptors (Lipinski definition) is 2. The van der Waals surface area contributed by atoms with Crippen LogP contribution in [0.5, 0.6) is 0 Å². The van der Waals surface area contributed by atoms with Gasteiger partial charge in [0.2, 0.25) is 5.91 Å². The van der Waals surface area contributed by atoms with E-state index in [-0.39, 0.29) is 5.91 Å². The zero-order chi connectivity index (χ0) is 14.7. The molecule has 1 heterocycles. The number of aryl methyl sites for hydroxylation is 3. The highest BCUT2D eigenvalue weighted by Gasteiger charge is 2.07. The van der Waals surface area contributed by atoms with E-state index in [4.69, 9.17) is 23.2 Å². The molecule has 0 bridgehead atoms. The quantitative estimate of drug-likeness (QED) is 0.932. The van der Waals surface area contributed by atoms with Crippen molar-refractivity contribution in [3.8, 4) is 0 Å². The maximum absolute atomic E-state index is 11.9. The van der Waals surface area contributed by atoms with Gasteiger partial charge in [-0.3, -0.25) is 9.48 Å². The lowest BCUT2D eigenvalue weighted by Gasteiger charge is -2.07. The third-order valence-corrected chi connectivity index (χ3v) is 3.60. The van der Waals surface area contributed by atoms with E-state index < -0.39 is 0 Å². The SMILES string of the molecule is Cc1cc(C)n(CCC(=O)Nc2ccc(Cl)c(Cl)c2)n1. The predicted molar refractivity (Wildman–Crippen MR) is 81.4 cm³/mol. The monoisotopic (exact) mass is 311 g/mol. The molecule has 0 aliphatic heterocycles. The normalized spacial score (nSPS) is 10.6. The van der Waals surface area contributed by atoms with Gasteiger partial charge in [-0.15, -0.1) is 0 Å². The average Bonchev–Trinajstić information content (AvgIpc) is 2.70. The molecule has 4 nitrogen and oxygen atoms in total. The lowest BCUT2D eigenvalue weighted by atomic mass is 10.3. The van der Waals surface area contributed by atoms with Gasteiger partial charge in [0.25, 0.3) is 0 Å². The average molecular weight is 312 g/mol. The molecule has 106 valence electrons. The first-order valence-corrected chi connectivity index (χ1v) is 6.97. The van der Waals surface area contributed by atoms with Gasteiger partial charge in [-0.1, -0.05) is 23.2 Å². The molecule has 0 atom stereocenters. The molecule has 0 saturated carbocycles. The van der Waals surface area contributed by atoms with Crippen molar-refractivity contribution in [3.63, 3.8) is 0 Å². The number of anilines is 1. The van der Waals surface area contributed by atoms with E-state index >= 15 is 0 Å². The van der Waals surface area contributed by atoms with E-state index in [1.54, 1.807) is 18.2 Å². The van der Waals surface area contributed by atoms with Gasteiger partial charge in [0.05, 0.1) is 15.7 Å². The van der Waals surface area contributed by atoms with E-state index in [1.807, 2.05) is 24.6 Å². The van der Waals surface area contributed by atoms with Gasteiger partial charge >= 0.3 is 0 Å². The van der Waals surface area contributed by atoms with Crippen LogP contribution in [0.15, 0.2) is 24.3 Å². The van der Waals surface area contributed by atoms with Crippen molar-refractivity contribution in [3.05, 3.63) is 45.7 Å². The number of halogens is 2. The van der Waals surface area contributed by atoms with Crippen LogP contribution in [-0.4, -0.2) is 15.7 Å². The van der Waals surface area contributed by atoms with Crippen molar-refractivity contribution >= 4 is 34.8 Å². The Bertz CT molecular complexity index is 637. The summed E-state index contributed by atoms with van der Waals surface area (Å²) in [6.07, 6.45) is 0.349. The zero-order valence-electron chi connectivity index (χ0n) is 11.3. The van der Waals surface area contributed by atoms with Crippen LogP contribution in [0.3, 0.4) is 0 Å². The van der Waals surface area contributed by atoms with Crippen molar-refractivity contribution in [2.24, 2.45) is 0 Å². The number of aromatic nitrogens is 2. The third kappa shape index (κ3) is 3.74. The van der Waals surface area contributed by atoms with E-state index in [2.05, 4.69) is 10.4 Å². The van der Waals surface area contributed by atoms with Gasteiger partial charge in [0.15, 0.2) is 0 Å². The van der Waals surface area contributed by atoms with Crippen LogP contribution < -0.4 is 5.32 Å². The minimum Gasteiger partial charge on any atom is -0.326 e. The molecule has 0 saturated heterocycles. The standard InChI is InChI=1S/C14H15Cl2N3O/c1-9-7-10(2)19(18-9)6-5-14(20)17-11-3-4-12(15)13(16)8-11/h3-4,7-8H,5-6H2,1-2H3,(H,17,20). The van der Waals surface area contributed by atoms with Gasteiger partial charge < -0.3 is 5.32 Å². The third-order valence-electron chi connectivity index (χ3n) is 2.86. The summed E-state index contributed by atoms with van der Waals surface area (Å²) in [5.41, 5.74) is 2.63. The summed E-state index contributed by atoms with van der Waals surface area (Å²) < 4.78 is 1.82. The second-order valence-electron chi connectivity index (χ2n) is 4.58. The fourth-order valence-electron chi connectivity index (χ4n) is 1.91. The van der Waals surface area contributed by atoms with Crippen LogP contribution in [-0.2, 0) is 11.3 Å². The summed E-state index contributed by atoms with van der Waals surface area (Å²) >= 11 is 11.7. The maximum atomic E-state index is 11.9. The van der Waals surface area contributed by atoms with E-state index in [9.17, 15) is 4.79 Å². The molecule has 0 unspecified atom stereocenters. The molecule has 2 aromatic rings. The van der Waals surface area contributed by atoms with Crippen LogP contribution in [0.2, 0.25) is 10.0 Å². The second-order valence-corrected chi connectivity index (χ2v) is 5.39. The van der Waals surface area contributed by atoms with Gasteiger partial charge in [-0.25, -0.2) is 0 Å². The Balaban J connectivity index is 1.92. The molecule has 0 aliphatic carbocycles. The summed E-state index contributed by atoms with van der Waals surface area (Å²) in [7, 11) is 0. The molecule has 0 fully saturated rings. The molecule has 1 aromatic carbocycles. The lowest BCUT2D eigenvalue weighted by Crippen LogP contribution is -2.15. The van der Waals surface area contributed by atoms with Crippen LogP contribution in [0.1, 0.15) is 17.8 Å². The number of nitrogens with zero attached hydrogens (tertiary/aromatic N) is 2.